The molecule has 0 saturated heterocycles. The number of nitrogens with two attached hydrogens (primary N) is 1. The van der Waals surface area contributed by atoms with Crippen molar-refractivity contribution in [3.8, 4) is 0 Å². The third-order valence-corrected chi connectivity index (χ3v) is 3.52. The smallest absolute Gasteiger partial charge is 0.0554 e. The van der Waals surface area contributed by atoms with Crippen LogP contribution in [0.25, 0.3) is 0 Å². The molecular weight excluding hydrogens is 210 g/mol. The number of hydrogen-bond acceptors (Lipinski definition) is 2. The van der Waals surface area contributed by atoms with Crippen LogP contribution in [0.3, 0.4) is 0 Å². The zero-order chi connectivity index (χ0) is 12.9. The zero-order valence-corrected chi connectivity index (χ0v) is 12.0. The van der Waals surface area contributed by atoms with Crippen LogP contribution in [0.15, 0.2) is 0 Å². The van der Waals surface area contributed by atoms with Gasteiger partial charge in [-0.05, 0) is 25.3 Å². The fourth-order valence-corrected chi connectivity index (χ4v) is 2.52. The molecule has 0 heterocycles. The molecule has 0 bridgehead atoms. The summed E-state index contributed by atoms with van der Waals surface area (Å²) in [6.45, 7) is 5.10. The van der Waals surface area contributed by atoms with Gasteiger partial charge in [0.25, 0.3) is 0 Å². The molecule has 0 fully saturated rings. The number of aliphatic hydroxyl groups is 1. The minimum Gasteiger partial charge on any atom is -0.393 e. The molecule has 0 aromatic heterocycles. The molecule has 0 aliphatic heterocycles. The van der Waals surface area contributed by atoms with Gasteiger partial charge in [-0.2, -0.15) is 0 Å². The molecule has 2 unspecified atom stereocenters. The molecule has 104 valence electrons. The first-order chi connectivity index (χ1) is 8.24. The summed E-state index contributed by atoms with van der Waals surface area (Å²) < 4.78 is 0. The van der Waals surface area contributed by atoms with Crippen LogP contribution < -0.4 is 5.73 Å². The van der Waals surface area contributed by atoms with Gasteiger partial charge in [0.1, 0.15) is 0 Å². The Morgan fingerprint density at radius 1 is 0.882 bits per heavy atom. The van der Waals surface area contributed by atoms with E-state index in [4.69, 9.17) is 5.73 Å². The summed E-state index contributed by atoms with van der Waals surface area (Å²) in [5.41, 5.74) is 5.47. The second kappa shape index (κ2) is 12.4. The highest BCUT2D eigenvalue weighted by atomic mass is 16.3. The Morgan fingerprint density at radius 3 is 2.18 bits per heavy atom. The Balaban J connectivity index is 3.65. The van der Waals surface area contributed by atoms with Gasteiger partial charge < -0.3 is 10.8 Å². The van der Waals surface area contributed by atoms with Crippen LogP contribution in [0.4, 0.5) is 0 Å². The fourth-order valence-electron chi connectivity index (χ4n) is 2.52. The van der Waals surface area contributed by atoms with E-state index in [1.54, 1.807) is 0 Å². The van der Waals surface area contributed by atoms with Crippen LogP contribution in [-0.4, -0.2) is 17.8 Å². The molecule has 2 heteroatoms. The summed E-state index contributed by atoms with van der Waals surface area (Å²) in [5, 5.41) is 9.81. The van der Waals surface area contributed by atoms with Gasteiger partial charge in [-0.25, -0.2) is 0 Å². The Kier molecular flexibility index (Phi) is 12.3. The topological polar surface area (TPSA) is 46.2 Å². The van der Waals surface area contributed by atoms with E-state index in [1.807, 2.05) is 0 Å². The first-order valence-electron chi connectivity index (χ1n) is 7.62. The van der Waals surface area contributed by atoms with Crippen LogP contribution in [0.5, 0.6) is 0 Å². The predicted octanol–water partition coefficient (Wildman–Crippen LogP) is 3.86. The van der Waals surface area contributed by atoms with Gasteiger partial charge in [-0.15, -0.1) is 0 Å². The van der Waals surface area contributed by atoms with Crippen LogP contribution >= 0.6 is 0 Å². The molecule has 0 amide bonds. The van der Waals surface area contributed by atoms with Gasteiger partial charge in [-0.3, -0.25) is 0 Å². The summed E-state index contributed by atoms with van der Waals surface area (Å²) in [7, 11) is 0. The SMILES string of the molecule is CCCCCCCC(CCC)CC(O)CCN. The van der Waals surface area contributed by atoms with Gasteiger partial charge >= 0.3 is 0 Å². The van der Waals surface area contributed by atoms with Crippen molar-refractivity contribution in [2.75, 3.05) is 6.54 Å². The lowest BCUT2D eigenvalue weighted by molar-refractivity contribution is 0.129. The first-order valence-corrected chi connectivity index (χ1v) is 7.62. The largest absolute Gasteiger partial charge is 0.393 e. The van der Waals surface area contributed by atoms with Crippen molar-refractivity contribution < 1.29 is 5.11 Å². The quantitative estimate of drug-likeness (QED) is 0.511. The van der Waals surface area contributed by atoms with E-state index in [0.717, 1.165) is 12.8 Å². The summed E-state index contributed by atoms with van der Waals surface area (Å²) in [4.78, 5) is 0. The average molecular weight is 243 g/mol. The molecule has 0 radical (unpaired) electrons. The molecule has 0 aromatic carbocycles. The highest BCUT2D eigenvalue weighted by molar-refractivity contribution is 4.66. The van der Waals surface area contributed by atoms with E-state index in [2.05, 4.69) is 13.8 Å². The van der Waals surface area contributed by atoms with Crippen molar-refractivity contribution >= 4 is 0 Å². The van der Waals surface area contributed by atoms with Crippen molar-refractivity contribution in [1.82, 2.24) is 0 Å². The van der Waals surface area contributed by atoms with Crippen molar-refractivity contribution in [2.24, 2.45) is 11.7 Å². The van der Waals surface area contributed by atoms with Gasteiger partial charge in [0, 0.05) is 0 Å². The number of rotatable bonds is 12. The lowest BCUT2D eigenvalue weighted by atomic mass is 9.90. The number of unbranched alkanes of at least 4 members (excludes halogenated alkanes) is 4. The standard InChI is InChI=1S/C15H33NO/c1-3-5-6-7-8-10-14(9-4-2)13-15(17)11-12-16/h14-15,17H,3-13,16H2,1-2H3. The van der Waals surface area contributed by atoms with Crippen LogP contribution in [0, 0.1) is 5.92 Å². The summed E-state index contributed by atoms with van der Waals surface area (Å²) in [6, 6.07) is 0. The van der Waals surface area contributed by atoms with Crippen molar-refractivity contribution in [3.63, 3.8) is 0 Å². The molecule has 2 nitrogen and oxygen atoms in total. The summed E-state index contributed by atoms with van der Waals surface area (Å²) in [6.07, 6.45) is 12.1. The fraction of sp³-hybridized carbons (Fsp3) is 1.00. The van der Waals surface area contributed by atoms with Crippen LogP contribution in [-0.2, 0) is 0 Å². The van der Waals surface area contributed by atoms with E-state index in [9.17, 15) is 5.11 Å². The maximum atomic E-state index is 9.81. The minimum absolute atomic E-state index is 0.174. The third kappa shape index (κ3) is 10.8. The zero-order valence-electron chi connectivity index (χ0n) is 12.0. The molecule has 0 aliphatic rings. The van der Waals surface area contributed by atoms with E-state index >= 15 is 0 Å². The molecule has 0 saturated carbocycles. The molecule has 0 aliphatic carbocycles. The van der Waals surface area contributed by atoms with Gasteiger partial charge in [0.05, 0.1) is 6.10 Å². The number of aliphatic hydroxyl groups excluding tert-OH is 1. The minimum atomic E-state index is -0.174. The average Bonchev–Trinajstić information content (AvgIpc) is 2.29. The Labute approximate surface area is 108 Å². The molecule has 3 N–H and O–H groups in total. The van der Waals surface area contributed by atoms with E-state index < -0.39 is 0 Å². The van der Waals surface area contributed by atoms with E-state index in [-0.39, 0.29) is 6.10 Å². The maximum Gasteiger partial charge on any atom is 0.0554 e. The Hall–Kier alpha value is -0.0800. The normalized spacial score (nSPS) is 14.8. The molecule has 0 rings (SSSR count). The highest BCUT2D eigenvalue weighted by Crippen LogP contribution is 2.22. The van der Waals surface area contributed by atoms with E-state index in [1.165, 1.54) is 51.4 Å². The van der Waals surface area contributed by atoms with Gasteiger partial charge in [0.2, 0.25) is 0 Å². The van der Waals surface area contributed by atoms with Gasteiger partial charge in [0.15, 0.2) is 0 Å². The molecular formula is C15H33NO. The van der Waals surface area contributed by atoms with Crippen molar-refractivity contribution in [2.45, 2.75) is 84.2 Å². The highest BCUT2D eigenvalue weighted by Gasteiger charge is 2.13. The second-order valence-electron chi connectivity index (χ2n) is 5.32. The van der Waals surface area contributed by atoms with Crippen molar-refractivity contribution in [1.29, 1.82) is 0 Å². The lowest BCUT2D eigenvalue weighted by Gasteiger charge is -2.19. The van der Waals surface area contributed by atoms with E-state index in [0.29, 0.717) is 12.5 Å². The Bertz CT molecular complexity index is 150. The molecule has 17 heavy (non-hydrogen) atoms. The predicted molar refractivity (Wildman–Crippen MR) is 76.1 cm³/mol. The molecule has 0 spiro atoms. The number of hydrogen-bond donors (Lipinski definition) is 2. The Morgan fingerprint density at radius 2 is 1.59 bits per heavy atom. The van der Waals surface area contributed by atoms with Crippen LogP contribution in [0.1, 0.15) is 78.1 Å². The molecule has 2 atom stereocenters. The maximum absolute atomic E-state index is 9.81. The summed E-state index contributed by atoms with van der Waals surface area (Å²) >= 11 is 0. The lowest BCUT2D eigenvalue weighted by Crippen LogP contribution is -2.17. The third-order valence-electron chi connectivity index (χ3n) is 3.52. The summed E-state index contributed by atoms with van der Waals surface area (Å²) in [5.74, 6) is 0.711. The van der Waals surface area contributed by atoms with Crippen molar-refractivity contribution in [3.05, 3.63) is 0 Å². The first kappa shape index (κ1) is 16.9. The van der Waals surface area contributed by atoms with Crippen LogP contribution in [0.2, 0.25) is 0 Å². The van der Waals surface area contributed by atoms with Gasteiger partial charge in [-0.1, -0.05) is 65.2 Å². The molecule has 0 aromatic rings. The second-order valence-corrected chi connectivity index (χ2v) is 5.32. The monoisotopic (exact) mass is 243 g/mol.